The van der Waals surface area contributed by atoms with Gasteiger partial charge < -0.3 is 0 Å². The lowest BCUT2D eigenvalue weighted by atomic mass is 10.4. The van der Waals surface area contributed by atoms with Crippen molar-refractivity contribution in [2.75, 3.05) is 12.5 Å². The highest BCUT2D eigenvalue weighted by atomic mass is 32.1. The maximum atomic E-state index is 5.26. The van der Waals surface area contributed by atoms with Gasteiger partial charge in [0, 0.05) is 11.9 Å². The molecule has 2 heterocycles. The molecule has 0 bridgehead atoms. The van der Waals surface area contributed by atoms with E-state index in [0.717, 1.165) is 28.8 Å². The average molecular weight is 270 g/mol. The van der Waals surface area contributed by atoms with Crippen LogP contribution in [0.25, 0.3) is 0 Å². The lowest BCUT2D eigenvalue weighted by Gasteiger charge is -2.12. The van der Waals surface area contributed by atoms with Crippen LogP contribution in [0.5, 0.6) is 0 Å². The first-order chi connectivity index (χ1) is 8.17. The van der Waals surface area contributed by atoms with Crippen molar-refractivity contribution in [3.05, 3.63) is 21.1 Å². The molecule has 0 aliphatic carbocycles. The van der Waals surface area contributed by atoms with Crippen LogP contribution >= 0.6 is 22.7 Å². The molecular weight excluding hydrogens is 256 g/mol. The van der Waals surface area contributed by atoms with E-state index in [2.05, 4.69) is 30.9 Å². The molecule has 92 valence electrons. The molecule has 0 saturated carbocycles. The maximum absolute atomic E-state index is 5.26. The predicted octanol–water partition coefficient (Wildman–Crippen LogP) is 1.22. The third kappa shape index (κ3) is 3.43. The molecule has 0 amide bonds. The first-order valence-electron chi connectivity index (χ1n) is 5.06. The fourth-order valence-electron chi connectivity index (χ4n) is 1.42. The molecule has 0 aliphatic rings. The van der Waals surface area contributed by atoms with E-state index in [1.807, 2.05) is 14.0 Å². The number of aryl methyl sites for hydroxylation is 1. The molecule has 6 nitrogen and oxygen atoms in total. The van der Waals surface area contributed by atoms with E-state index in [0.29, 0.717) is 5.13 Å². The van der Waals surface area contributed by atoms with Gasteiger partial charge in [0.25, 0.3) is 0 Å². The van der Waals surface area contributed by atoms with Crippen LogP contribution in [0.1, 0.15) is 15.7 Å². The number of hydrogen-bond donors (Lipinski definition) is 2. The van der Waals surface area contributed by atoms with E-state index in [4.69, 9.17) is 5.84 Å². The number of nitrogens with one attached hydrogen (secondary N) is 1. The predicted molar refractivity (Wildman–Crippen MR) is 69.7 cm³/mol. The molecule has 2 aromatic heterocycles. The molecule has 3 N–H and O–H groups in total. The summed E-state index contributed by atoms with van der Waals surface area (Å²) < 4.78 is 0. The number of aromatic nitrogens is 3. The smallest absolute Gasteiger partial charge is 0.219 e. The van der Waals surface area contributed by atoms with Crippen LogP contribution in [0.4, 0.5) is 5.13 Å². The van der Waals surface area contributed by atoms with Crippen molar-refractivity contribution < 1.29 is 0 Å². The Morgan fingerprint density at radius 3 is 2.82 bits per heavy atom. The van der Waals surface area contributed by atoms with Crippen molar-refractivity contribution >= 4 is 27.8 Å². The molecule has 0 aromatic carbocycles. The SMILES string of the molecule is Cc1nc(CN(C)Cc2nnc(NN)s2)cs1. The topological polar surface area (TPSA) is 80.0 Å². The van der Waals surface area contributed by atoms with Gasteiger partial charge in [-0.3, -0.25) is 10.3 Å². The van der Waals surface area contributed by atoms with Crippen molar-refractivity contribution in [1.29, 1.82) is 0 Å². The third-order valence-corrected chi connectivity index (χ3v) is 3.76. The highest BCUT2D eigenvalue weighted by Gasteiger charge is 2.08. The molecule has 2 rings (SSSR count). The fraction of sp³-hybridized carbons (Fsp3) is 0.444. The van der Waals surface area contributed by atoms with Crippen molar-refractivity contribution in [3.8, 4) is 0 Å². The summed E-state index contributed by atoms with van der Waals surface area (Å²) in [5.74, 6) is 5.26. The Morgan fingerprint density at radius 1 is 1.41 bits per heavy atom. The summed E-state index contributed by atoms with van der Waals surface area (Å²) in [4.78, 5) is 6.57. The Kier molecular flexibility index (Phi) is 4.00. The standard InChI is InChI=1S/C9H14N6S2/c1-6-11-7(5-16-6)3-15(2)4-8-13-14-9(12-10)17-8/h5H,3-4,10H2,1-2H3,(H,12,14). The van der Waals surface area contributed by atoms with Crippen LogP contribution in [-0.4, -0.2) is 27.1 Å². The van der Waals surface area contributed by atoms with Gasteiger partial charge in [0.1, 0.15) is 5.01 Å². The summed E-state index contributed by atoms with van der Waals surface area (Å²) in [7, 11) is 2.03. The molecule has 0 radical (unpaired) electrons. The molecule has 0 spiro atoms. The van der Waals surface area contributed by atoms with Gasteiger partial charge in [-0.2, -0.15) is 0 Å². The number of rotatable bonds is 5. The molecule has 8 heteroatoms. The number of hydrazine groups is 1. The van der Waals surface area contributed by atoms with Crippen LogP contribution < -0.4 is 11.3 Å². The van der Waals surface area contributed by atoms with E-state index in [1.54, 1.807) is 11.3 Å². The molecule has 0 aliphatic heterocycles. The molecule has 0 unspecified atom stereocenters. The second-order valence-corrected chi connectivity index (χ2v) is 5.80. The second kappa shape index (κ2) is 5.50. The minimum absolute atomic E-state index is 0.637. The Labute approximate surface area is 107 Å². The van der Waals surface area contributed by atoms with Gasteiger partial charge in [-0.25, -0.2) is 10.8 Å². The zero-order valence-electron chi connectivity index (χ0n) is 9.67. The molecule has 0 saturated heterocycles. The quantitative estimate of drug-likeness (QED) is 0.628. The molecular formula is C9H14N6S2. The monoisotopic (exact) mass is 270 g/mol. The van der Waals surface area contributed by atoms with E-state index in [9.17, 15) is 0 Å². The number of thiazole rings is 1. The summed E-state index contributed by atoms with van der Waals surface area (Å²) in [6, 6.07) is 0. The number of nitrogens with zero attached hydrogens (tertiary/aromatic N) is 4. The van der Waals surface area contributed by atoms with Crippen LogP contribution in [0.3, 0.4) is 0 Å². The highest BCUT2D eigenvalue weighted by molar-refractivity contribution is 7.15. The first kappa shape index (κ1) is 12.4. The maximum Gasteiger partial charge on any atom is 0.219 e. The van der Waals surface area contributed by atoms with E-state index in [1.165, 1.54) is 11.3 Å². The summed E-state index contributed by atoms with van der Waals surface area (Å²) in [5, 5.41) is 12.7. The zero-order valence-corrected chi connectivity index (χ0v) is 11.3. The van der Waals surface area contributed by atoms with Crippen LogP contribution in [0.2, 0.25) is 0 Å². The first-order valence-corrected chi connectivity index (χ1v) is 6.75. The number of nitrogen functional groups attached to an aromatic ring is 1. The van der Waals surface area contributed by atoms with E-state index >= 15 is 0 Å². The second-order valence-electron chi connectivity index (χ2n) is 3.68. The van der Waals surface area contributed by atoms with E-state index < -0.39 is 0 Å². The van der Waals surface area contributed by atoms with Gasteiger partial charge in [0.15, 0.2) is 0 Å². The molecule has 17 heavy (non-hydrogen) atoms. The van der Waals surface area contributed by atoms with Crippen molar-refractivity contribution in [1.82, 2.24) is 20.1 Å². The van der Waals surface area contributed by atoms with Gasteiger partial charge in [-0.15, -0.1) is 21.5 Å². The Hall–Kier alpha value is -1.09. The largest absolute Gasteiger partial charge is 0.298 e. The molecule has 0 atom stereocenters. The van der Waals surface area contributed by atoms with Gasteiger partial charge in [-0.1, -0.05) is 11.3 Å². The summed E-state index contributed by atoms with van der Waals surface area (Å²) in [6.07, 6.45) is 0. The lowest BCUT2D eigenvalue weighted by Crippen LogP contribution is -2.17. The summed E-state index contributed by atoms with van der Waals surface area (Å²) >= 11 is 3.13. The zero-order chi connectivity index (χ0) is 12.3. The number of anilines is 1. The summed E-state index contributed by atoms with van der Waals surface area (Å²) in [6.45, 7) is 3.57. The number of nitrogens with two attached hydrogens (primary N) is 1. The lowest BCUT2D eigenvalue weighted by molar-refractivity contribution is 0.314. The van der Waals surface area contributed by atoms with Crippen LogP contribution in [0.15, 0.2) is 5.38 Å². The fourth-order valence-corrected chi connectivity index (χ4v) is 2.75. The van der Waals surface area contributed by atoms with Crippen LogP contribution in [-0.2, 0) is 13.1 Å². The highest BCUT2D eigenvalue weighted by Crippen LogP contribution is 2.16. The molecule has 2 aromatic rings. The van der Waals surface area contributed by atoms with Crippen molar-refractivity contribution in [2.24, 2.45) is 5.84 Å². The normalized spacial score (nSPS) is 11.1. The minimum atomic E-state index is 0.637. The summed E-state index contributed by atoms with van der Waals surface area (Å²) in [5.41, 5.74) is 3.58. The Bertz CT molecular complexity index is 479. The van der Waals surface area contributed by atoms with Gasteiger partial charge in [0.2, 0.25) is 5.13 Å². The Morgan fingerprint density at radius 2 is 2.24 bits per heavy atom. The Balaban J connectivity index is 1.90. The third-order valence-electron chi connectivity index (χ3n) is 2.09. The molecule has 0 fully saturated rings. The van der Waals surface area contributed by atoms with Gasteiger partial charge >= 0.3 is 0 Å². The van der Waals surface area contributed by atoms with Gasteiger partial charge in [0.05, 0.1) is 17.2 Å². The minimum Gasteiger partial charge on any atom is -0.298 e. The van der Waals surface area contributed by atoms with Crippen molar-refractivity contribution in [3.63, 3.8) is 0 Å². The van der Waals surface area contributed by atoms with Crippen molar-refractivity contribution in [2.45, 2.75) is 20.0 Å². The number of hydrogen-bond acceptors (Lipinski definition) is 8. The average Bonchev–Trinajstić information content (AvgIpc) is 2.88. The van der Waals surface area contributed by atoms with Crippen LogP contribution in [0, 0.1) is 6.92 Å². The van der Waals surface area contributed by atoms with Gasteiger partial charge in [-0.05, 0) is 14.0 Å². The van der Waals surface area contributed by atoms with E-state index in [-0.39, 0.29) is 0 Å².